The largest absolute Gasteiger partial charge is 0.492 e. The molecule has 0 saturated carbocycles. The molecule has 0 radical (unpaired) electrons. The van der Waals surface area contributed by atoms with Crippen LogP contribution in [-0.4, -0.2) is 30.8 Å². The van der Waals surface area contributed by atoms with Crippen LogP contribution in [0, 0.1) is 5.92 Å². The first kappa shape index (κ1) is 26.5. The number of amides is 1. The molecule has 0 spiro atoms. The van der Waals surface area contributed by atoms with Crippen molar-refractivity contribution >= 4 is 44.9 Å². The van der Waals surface area contributed by atoms with E-state index in [1.165, 1.54) is 0 Å². The summed E-state index contributed by atoms with van der Waals surface area (Å²) in [5.41, 5.74) is 1.17. The number of anilines is 1. The number of carbonyl (C=O) groups is 1. The predicted octanol–water partition coefficient (Wildman–Crippen LogP) is 6.46. The number of hydrogen-bond acceptors (Lipinski definition) is 5. The van der Waals surface area contributed by atoms with Crippen LogP contribution < -0.4 is 24.8 Å². The Morgan fingerprint density at radius 1 is 0.886 bits per heavy atom. The Morgan fingerprint density at radius 2 is 1.60 bits per heavy atom. The van der Waals surface area contributed by atoms with E-state index < -0.39 is 0 Å². The van der Waals surface area contributed by atoms with E-state index in [0.717, 1.165) is 12.2 Å². The van der Waals surface area contributed by atoms with Crippen molar-refractivity contribution < 1.29 is 19.0 Å². The van der Waals surface area contributed by atoms with Gasteiger partial charge in [-0.2, -0.15) is 0 Å². The van der Waals surface area contributed by atoms with Gasteiger partial charge in [-0.15, -0.1) is 0 Å². The molecule has 0 aromatic heterocycles. The van der Waals surface area contributed by atoms with Gasteiger partial charge in [0, 0.05) is 17.3 Å². The van der Waals surface area contributed by atoms with E-state index in [2.05, 4.69) is 40.4 Å². The molecule has 0 unspecified atom stereocenters. The lowest BCUT2D eigenvalue weighted by molar-refractivity contribution is 0.0977. The summed E-state index contributed by atoms with van der Waals surface area (Å²) in [6.45, 7) is 5.74. The number of carbonyl (C=O) groups excluding carboxylic acids is 1. The average molecular weight is 558 g/mol. The van der Waals surface area contributed by atoms with Gasteiger partial charge in [-0.25, -0.2) is 0 Å². The predicted molar refractivity (Wildman–Crippen MR) is 147 cm³/mol. The molecule has 0 aliphatic rings. The molecule has 0 aliphatic carbocycles. The highest BCUT2D eigenvalue weighted by Crippen LogP contribution is 2.26. The molecule has 184 valence electrons. The van der Waals surface area contributed by atoms with Gasteiger partial charge in [0.2, 0.25) is 0 Å². The zero-order chi connectivity index (χ0) is 25.0. The second-order valence-corrected chi connectivity index (χ2v) is 9.38. The quantitative estimate of drug-likeness (QED) is 0.208. The van der Waals surface area contributed by atoms with Crippen LogP contribution in [0.4, 0.5) is 5.69 Å². The Labute approximate surface area is 220 Å². The number of nitrogens with one attached hydrogen (secondary N) is 2. The Morgan fingerprint density at radius 3 is 2.31 bits per heavy atom. The second-order valence-electron chi connectivity index (χ2n) is 8.12. The minimum absolute atomic E-state index is 0.188. The van der Waals surface area contributed by atoms with E-state index in [1.54, 1.807) is 24.3 Å². The fraction of sp³-hybridized carbons (Fsp3) is 0.259. The first-order valence-electron chi connectivity index (χ1n) is 11.4. The maximum Gasteiger partial charge on any atom is 0.257 e. The van der Waals surface area contributed by atoms with Crippen molar-refractivity contribution in [2.75, 3.05) is 25.1 Å². The van der Waals surface area contributed by atoms with Crippen LogP contribution in [0.25, 0.3) is 0 Å². The lowest BCUT2D eigenvalue weighted by atomic mass is 10.1. The molecule has 0 atom stereocenters. The van der Waals surface area contributed by atoms with E-state index in [9.17, 15) is 4.79 Å². The lowest BCUT2D eigenvalue weighted by Gasteiger charge is -2.13. The van der Waals surface area contributed by atoms with Crippen LogP contribution >= 0.6 is 28.1 Å². The van der Waals surface area contributed by atoms with Crippen LogP contribution in [0.1, 0.15) is 30.6 Å². The Hall–Kier alpha value is -3.10. The van der Waals surface area contributed by atoms with Crippen LogP contribution in [0.15, 0.2) is 77.3 Å². The summed E-state index contributed by atoms with van der Waals surface area (Å²) in [6, 6.07) is 22.1. The molecule has 2 N–H and O–H groups in total. The Bertz CT molecular complexity index is 1130. The zero-order valence-electron chi connectivity index (χ0n) is 19.8. The van der Waals surface area contributed by atoms with Gasteiger partial charge in [0.1, 0.15) is 30.5 Å². The van der Waals surface area contributed by atoms with E-state index in [0.29, 0.717) is 53.0 Å². The smallest absolute Gasteiger partial charge is 0.257 e. The molecule has 8 heteroatoms. The molecule has 0 fully saturated rings. The molecule has 3 rings (SSSR count). The van der Waals surface area contributed by atoms with Crippen molar-refractivity contribution in [2.45, 2.75) is 20.3 Å². The van der Waals surface area contributed by atoms with E-state index in [-0.39, 0.29) is 11.0 Å². The summed E-state index contributed by atoms with van der Waals surface area (Å²) in [5, 5.41) is 5.90. The highest BCUT2D eigenvalue weighted by atomic mass is 79.9. The number of rotatable bonds is 11. The standard InChI is InChI=1S/C27H29BrN2O4S/c1-19(2)13-14-34-25-12-11-20(17-24(25)28)26(31)30-27(35)29-21-7-6-10-23(18-21)33-16-15-32-22-8-4-3-5-9-22/h3-12,17-19H,13-16H2,1-2H3,(H2,29,30,31,35). The summed E-state index contributed by atoms with van der Waals surface area (Å²) in [7, 11) is 0. The Balaban J connectivity index is 1.46. The second kappa shape index (κ2) is 13.7. The minimum Gasteiger partial charge on any atom is -0.492 e. The SMILES string of the molecule is CC(C)CCOc1ccc(C(=O)NC(=S)Nc2cccc(OCCOc3ccccc3)c2)cc1Br. The minimum atomic E-state index is -0.317. The van der Waals surface area contributed by atoms with Gasteiger partial charge in [0.05, 0.1) is 11.1 Å². The van der Waals surface area contributed by atoms with Crippen LogP contribution in [-0.2, 0) is 0 Å². The van der Waals surface area contributed by atoms with Crippen molar-refractivity contribution in [3.05, 3.63) is 82.8 Å². The summed E-state index contributed by atoms with van der Waals surface area (Å²) < 4.78 is 17.9. The van der Waals surface area contributed by atoms with E-state index >= 15 is 0 Å². The zero-order valence-corrected chi connectivity index (χ0v) is 22.2. The molecule has 0 bridgehead atoms. The van der Waals surface area contributed by atoms with Gasteiger partial charge < -0.3 is 19.5 Å². The van der Waals surface area contributed by atoms with Gasteiger partial charge in [-0.05, 0) is 83.0 Å². The van der Waals surface area contributed by atoms with Crippen molar-refractivity contribution in [2.24, 2.45) is 5.92 Å². The first-order chi connectivity index (χ1) is 16.9. The van der Waals surface area contributed by atoms with Crippen molar-refractivity contribution in [1.29, 1.82) is 0 Å². The average Bonchev–Trinajstić information content (AvgIpc) is 2.83. The number of benzene rings is 3. The molecular weight excluding hydrogens is 528 g/mol. The third-order valence-electron chi connectivity index (χ3n) is 4.83. The van der Waals surface area contributed by atoms with Crippen LogP contribution in [0.5, 0.6) is 17.2 Å². The van der Waals surface area contributed by atoms with Crippen molar-refractivity contribution in [3.63, 3.8) is 0 Å². The molecule has 6 nitrogen and oxygen atoms in total. The van der Waals surface area contributed by atoms with Gasteiger partial charge in [0.15, 0.2) is 5.11 Å². The topological polar surface area (TPSA) is 68.8 Å². The van der Waals surface area contributed by atoms with E-state index in [4.69, 9.17) is 26.4 Å². The molecule has 3 aromatic rings. The number of ether oxygens (including phenoxy) is 3. The van der Waals surface area contributed by atoms with Crippen LogP contribution in [0.2, 0.25) is 0 Å². The van der Waals surface area contributed by atoms with Gasteiger partial charge in [0.25, 0.3) is 5.91 Å². The monoisotopic (exact) mass is 556 g/mol. The van der Waals surface area contributed by atoms with E-state index in [1.807, 2.05) is 48.5 Å². The van der Waals surface area contributed by atoms with Gasteiger partial charge in [-0.1, -0.05) is 38.1 Å². The summed E-state index contributed by atoms with van der Waals surface area (Å²) in [6.07, 6.45) is 0.961. The number of para-hydroxylation sites is 1. The summed E-state index contributed by atoms with van der Waals surface area (Å²) in [5.74, 6) is 2.41. The van der Waals surface area contributed by atoms with Crippen LogP contribution in [0.3, 0.4) is 0 Å². The summed E-state index contributed by atoms with van der Waals surface area (Å²) >= 11 is 8.79. The lowest BCUT2D eigenvalue weighted by Crippen LogP contribution is -2.34. The summed E-state index contributed by atoms with van der Waals surface area (Å²) in [4.78, 5) is 12.6. The number of halogens is 1. The third-order valence-corrected chi connectivity index (χ3v) is 5.65. The van der Waals surface area contributed by atoms with Gasteiger partial charge in [-0.3, -0.25) is 10.1 Å². The molecule has 35 heavy (non-hydrogen) atoms. The maximum atomic E-state index is 12.6. The maximum absolute atomic E-state index is 12.6. The van der Waals surface area contributed by atoms with Crippen molar-refractivity contribution in [3.8, 4) is 17.2 Å². The third kappa shape index (κ3) is 9.22. The number of hydrogen-bond donors (Lipinski definition) is 2. The molecule has 0 saturated heterocycles. The van der Waals surface area contributed by atoms with Gasteiger partial charge >= 0.3 is 0 Å². The molecule has 3 aromatic carbocycles. The first-order valence-corrected chi connectivity index (χ1v) is 12.6. The number of thiocarbonyl (C=S) groups is 1. The fourth-order valence-electron chi connectivity index (χ4n) is 3.00. The molecular formula is C27H29BrN2O4S. The normalized spacial score (nSPS) is 10.5. The molecule has 0 heterocycles. The highest BCUT2D eigenvalue weighted by molar-refractivity contribution is 9.10. The fourth-order valence-corrected chi connectivity index (χ4v) is 3.70. The van der Waals surface area contributed by atoms with Crippen molar-refractivity contribution in [1.82, 2.24) is 5.32 Å². The molecule has 1 amide bonds. The Kier molecular flexibility index (Phi) is 10.4. The highest BCUT2D eigenvalue weighted by Gasteiger charge is 2.12. The molecule has 0 aliphatic heterocycles.